The highest BCUT2D eigenvalue weighted by Crippen LogP contribution is 2.02. The van der Waals surface area contributed by atoms with Crippen LogP contribution in [0.15, 0.2) is 0 Å². The van der Waals surface area contributed by atoms with Crippen molar-refractivity contribution in [1.82, 2.24) is 10.6 Å². The van der Waals surface area contributed by atoms with E-state index in [1.807, 2.05) is 6.92 Å². The molecule has 0 aliphatic carbocycles. The standard InChI is InChI=1S/C12H22N2O5/c1-4-6-7-9(11(16)18-3)14-12(17)13-8-10(15)19-5-2/h9H,4-8H2,1-3H3,(H2,13,14,17). The van der Waals surface area contributed by atoms with Gasteiger partial charge in [-0.1, -0.05) is 19.8 Å². The van der Waals surface area contributed by atoms with E-state index in [2.05, 4.69) is 20.1 Å². The number of rotatable bonds is 8. The molecule has 2 amide bonds. The van der Waals surface area contributed by atoms with E-state index in [1.54, 1.807) is 6.92 Å². The monoisotopic (exact) mass is 274 g/mol. The van der Waals surface area contributed by atoms with Gasteiger partial charge in [0.15, 0.2) is 0 Å². The number of ether oxygens (including phenoxy) is 2. The fourth-order valence-electron chi connectivity index (χ4n) is 1.37. The van der Waals surface area contributed by atoms with Crippen molar-refractivity contribution < 1.29 is 23.9 Å². The second kappa shape index (κ2) is 10.2. The average molecular weight is 274 g/mol. The van der Waals surface area contributed by atoms with Crippen LogP contribution in [0.25, 0.3) is 0 Å². The SMILES string of the molecule is CCCCC(NC(=O)NCC(=O)OCC)C(=O)OC. The average Bonchev–Trinajstić information content (AvgIpc) is 2.40. The van der Waals surface area contributed by atoms with Gasteiger partial charge < -0.3 is 20.1 Å². The van der Waals surface area contributed by atoms with Gasteiger partial charge >= 0.3 is 18.0 Å². The molecule has 110 valence electrons. The molecule has 0 bridgehead atoms. The number of hydrogen-bond donors (Lipinski definition) is 2. The van der Waals surface area contributed by atoms with Crippen molar-refractivity contribution in [2.24, 2.45) is 0 Å². The Hall–Kier alpha value is -1.79. The number of carbonyl (C=O) groups excluding carboxylic acids is 3. The summed E-state index contributed by atoms with van der Waals surface area (Å²) in [5.41, 5.74) is 0. The molecule has 0 aliphatic rings. The highest BCUT2D eigenvalue weighted by molar-refractivity contribution is 5.85. The minimum atomic E-state index is -0.702. The highest BCUT2D eigenvalue weighted by Gasteiger charge is 2.20. The number of amides is 2. The van der Waals surface area contributed by atoms with Crippen molar-refractivity contribution >= 4 is 18.0 Å². The lowest BCUT2D eigenvalue weighted by molar-refractivity contribution is -0.143. The number of nitrogens with one attached hydrogen (secondary N) is 2. The van der Waals surface area contributed by atoms with Crippen LogP contribution in [0.4, 0.5) is 4.79 Å². The molecule has 0 saturated heterocycles. The summed E-state index contributed by atoms with van der Waals surface area (Å²) < 4.78 is 9.26. The maximum absolute atomic E-state index is 11.5. The van der Waals surface area contributed by atoms with Crippen LogP contribution < -0.4 is 10.6 Å². The van der Waals surface area contributed by atoms with Crippen LogP contribution in [-0.2, 0) is 19.1 Å². The van der Waals surface area contributed by atoms with E-state index in [-0.39, 0.29) is 13.2 Å². The van der Waals surface area contributed by atoms with Gasteiger partial charge in [-0.15, -0.1) is 0 Å². The number of urea groups is 1. The Labute approximate surface area is 113 Å². The van der Waals surface area contributed by atoms with Crippen molar-refractivity contribution in [3.05, 3.63) is 0 Å². The topological polar surface area (TPSA) is 93.7 Å². The molecule has 2 N–H and O–H groups in total. The second-order valence-electron chi connectivity index (χ2n) is 3.85. The highest BCUT2D eigenvalue weighted by atomic mass is 16.5. The van der Waals surface area contributed by atoms with Gasteiger partial charge in [-0.25, -0.2) is 9.59 Å². The van der Waals surface area contributed by atoms with E-state index in [0.29, 0.717) is 6.42 Å². The third-order valence-electron chi connectivity index (χ3n) is 2.34. The van der Waals surface area contributed by atoms with E-state index in [1.165, 1.54) is 7.11 Å². The molecule has 0 aliphatic heterocycles. The van der Waals surface area contributed by atoms with Gasteiger partial charge in [0.2, 0.25) is 0 Å². The molecule has 1 unspecified atom stereocenters. The van der Waals surface area contributed by atoms with E-state index in [0.717, 1.165) is 12.8 Å². The van der Waals surface area contributed by atoms with Gasteiger partial charge in [0.25, 0.3) is 0 Å². The second-order valence-corrected chi connectivity index (χ2v) is 3.85. The van der Waals surface area contributed by atoms with E-state index in [9.17, 15) is 14.4 Å². The van der Waals surface area contributed by atoms with Crippen LogP contribution in [0.5, 0.6) is 0 Å². The van der Waals surface area contributed by atoms with E-state index < -0.39 is 24.0 Å². The van der Waals surface area contributed by atoms with Gasteiger partial charge in [-0.3, -0.25) is 4.79 Å². The molecular weight excluding hydrogens is 252 g/mol. The predicted octanol–water partition coefficient (Wildman–Crippen LogP) is 0.581. The molecule has 0 saturated carbocycles. The van der Waals surface area contributed by atoms with Gasteiger partial charge in [-0.05, 0) is 13.3 Å². The summed E-state index contributed by atoms with van der Waals surface area (Å²) in [6.07, 6.45) is 2.19. The van der Waals surface area contributed by atoms with Crippen molar-refractivity contribution in [3.8, 4) is 0 Å². The fraction of sp³-hybridized carbons (Fsp3) is 0.750. The molecule has 0 aromatic rings. The van der Waals surface area contributed by atoms with Gasteiger partial charge in [-0.2, -0.15) is 0 Å². The lowest BCUT2D eigenvalue weighted by Crippen LogP contribution is -2.47. The molecule has 0 aromatic carbocycles. The molecular formula is C12H22N2O5. The summed E-state index contributed by atoms with van der Waals surface area (Å²) in [6.45, 7) is 3.68. The molecule has 1 atom stereocenters. The molecule has 0 spiro atoms. The Morgan fingerprint density at radius 2 is 1.89 bits per heavy atom. The Kier molecular flexibility index (Phi) is 9.20. The first kappa shape index (κ1) is 17.2. The number of esters is 2. The number of carbonyl (C=O) groups is 3. The van der Waals surface area contributed by atoms with Gasteiger partial charge in [0, 0.05) is 0 Å². The molecule has 0 heterocycles. The van der Waals surface area contributed by atoms with Crippen molar-refractivity contribution in [1.29, 1.82) is 0 Å². The van der Waals surface area contributed by atoms with Crippen molar-refractivity contribution in [2.75, 3.05) is 20.3 Å². The summed E-state index contributed by atoms with van der Waals surface area (Å²) in [5, 5.41) is 4.79. The molecule has 7 heteroatoms. The zero-order chi connectivity index (χ0) is 14.7. The Morgan fingerprint density at radius 1 is 1.21 bits per heavy atom. The quantitative estimate of drug-likeness (QED) is 0.631. The van der Waals surface area contributed by atoms with Crippen molar-refractivity contribution in [3.63, 3.8) is 0 Å². The van der Waals surface area contributed by atoms with E-state index in [4.69, 9.17) is 0 Å². The van der Waals surface area contributed by atoms with Crippen molar-refractivity contribution in [2.45, 2.75) is 39.2 Å². The number of unbranched alkanes of at least 4 members (excludes halogenated alkanes) is 1. The van der Waals surface area contributed by atoms with E-state index >= 15 is 0 Å². The zero-order valence-electron chi connectivity index (χ0n) is 11.7. The Morgan fingerprint density at radius 3 is 2.42 bits per heavy atom. The first-order valence-electron chi connectivity index (χ1n) is 6.32. The normalized spacial score (nSPS) is 11.3. The summed E-state index contributed by atoms with van der Waals surface area (Å²) in [7, 11) is 1.26. The number of methoxy groups -OCH3 is 1. The maximum Gasteiger partial charge on any atom is 0.328 e. The first-order chi connectivity index (χ1) is 9.04. The smallest absolute Gasteiger partial charge is 0.328 e. The van der Waals surface area contributed by atoms with Crippen LogP contribution in [-0.4, -0.2) is 44.3 Å². The summed E-state index contributed by atoms with van der Waals surface area (Å²) in [6, 6.07) is -1.30. The largest absolute Gasteiger partial charge is 0.467 e. The summed E-state index contributed by atoms with van der Waals surface area (Å²) >= 11 is 0. The van der Waals surface area contributed by atoms with Crippen LogP contribution >= 0.6 is 0 Å². The molecule has 0 fully saturated rings. The third kappa shape index (κ3) is 8.01. The molecule has 0 aromatic heterocycles. The fourth-order valence-corrected chi connectivity index (χ4v) is 1.37. The minimum absolute atomic E-state index is 0.235. The Balaban J connectivity index is 4.15. The lowest BCUT2D eigenvalue weighted by atomic mass is 10.1. The predicted molar refractivity (Wildman–Crippen MR) is 68.5 cm³/mol. The van der Waals surface area contributed by atoms with Crippen LogP contribution in [0, 0.1) is 0 Å². The molecule has 19 heavy (non-hydrogen) atoms. The Bertz CT molecular complexity index is 306. The van der Waals surface area contributed by atoms with Crippen LogP contribution in [0.3, 0.4) is 0 Å². The minimum Gasteiger partial charge on any atom is -0.467 e. The summed E-state index contributed by atoms with van der Waals surface area (Å²) in [4.78, 5) is 34.0. The molecule has 0 radical (unpaired) electrons. The van der Waals surface area contributed by atoms with Gasteiger partial charge in [0.1, 0.15) is 12.6 Å². The van der Waals surface area contributed by atoms with Gasteiger partial charge in [0.05, 0.1) is 13.7 Å². The first-order valence-corrected chi connectivity index (χ1v) is 6.32. The lowest BCUT2D eigenvalue weighted by Gasteiger charge is -2.16. The third-order valence-corrected chi connectivity index (χ3v) is 2.34. The maximum atomic E-state index is 11.5. The molecule has 0 rings (SSSR count). The van der Waals surface area contributed by atoms with Crippen LogP contribution in [0.2, 0.25) is 0 Å². The number of hydrogen-bond acceptors (Lipinski definition) is 5. The molecule has 7 nitrogen and oxygen atoms in total. The van der Waals surface area contributed by atoms with Crippen LogP contribution in [0.1, 0.15) is 33.1 Å². The summed E-state index contributed by atoms with van der Waals surface area (Å²) in [5.74, 6) is -1.03. The zero-order valence-corrected chi connectivity index (χ0v) is 11.7.